The van der Waals surface area contributed by atoms with Crippen molar-refractivity contribution in [1.82, 2.24) is 5.32 Å². The Bertz CT molecular complexity index is 379. The van der Waals surface area contributed by atoms with Crippen molar-refractivity contribution in [2.45, 2.75) is 19.3 Å². The standard InChI is InChI=1S/C13H19N3O2/c14-9-4-7-12(17)15-10-8-13(18)16-11-5-2-1-3-6-11/h1-3,5-6H,4,7-10,14H2,(H,15,17)(H,16,18). The molecule has 0 aliphatic carbocycles. The van der Waals surface area contributed by atoms with Gasteiger partial charge in [0.05, 0.1) is 0 Å². The van der Waals surface area contributed by atoms with Gasteiger partial charge in [-0.2, -0.15) is 0 Å². The van der Waals surface area contributed by atoms with E-state index in [-0.39, 0.29) is 18.2 Å². The summed E-state index contributed by atoms with van der Waals surface area (Å²) in [6.07, 6.45) is 1.35. The Morgan fingerprint density at radius 3 is 2.44 bits per heavy atom. The van der Waals surface area contributed by atoms with Crippen LogP contribution in [-0.4, -0.2) is 24.9 Å². The second kappa shape index (κ2) is 8.25. The molecule has 1 aromatic carbocycles. The lowest BCUT2D eigenvalue weighted by Gasteiger charge is -2.06. The molecule has 98 valence electrons. The molecule has 0 saturated carbocycles. The average Bonchev–Trinajstić information content (AvgIpc) is 2.37. The van der Waals surface area contributed by atoms with E-state index < -0.39 is 0 Å². The monoisotopic (exact) mass is 249 g/mol. The van der Waals surface area contributed by atoms with Crippen LogP contribution >= 0.6 is 0 Å². The van der Waals surface area contributed by atoms with Crippen molar-refractivity contribution < 1.29 is 9.59 Å². The quantitative estimate of drug-likeness (QED) is 0.670. The van der Waals surface area contributed by atoms with Crippen molar-refractivity contribution in [3.05, 3.63) is 30.3 Å². The van der Waals surface area contributed by atoms with Crippen molar-refractivity contribution in [3.8, 4) is 0 Å². The highest BCUT2D eigenvalue weighted by molar-refractivity contribution is 5.91. The maximum absolute atomic E-state index is 11.5. The molecular formula is C13H19N3O2. The summed E-state index contributed by atoms with van der Waals surface area (Å²) >= 11 is 0. The third kappa shape index (κ3) is 6.00. The summed E-state index contributed by atoms with van der Waals surface area (Å²) < 4.78 is 0. The van der Waals surface area contributed by atoms with Crippen molar-refractivity contribution in [3.63, 3.8) is 0 Å². The topological polar surface area (TPSA) is 84.2 Å². The highest BCUT2D eigenvalue weighted by Gasteiger charge is 2.04. The van der Waals surface area contributed by atoms with Gasteiger partial charge in [-0.3, -0.25) is 9.59 Å². The molecule has 0 saturated heterocycles. The number of anilines is 1. The zero-order valence-corrected chi connectivity index (χ0v) is 10.3. The number of benzene rings is 1. The normalized spacial score (nSPS) is 9.83. The summed E-state index contributed by atoms with van der Waals surface area (Å²) in [5, 5.41) is 5.43. The molecule has 5 heteroatoms. The SMILES string of the molecule is NCCCC(=O)NCCC(=O)Nc1ccccc1. The maximum Gasteiger partial charge on any atom is 0.226 e. The van der Waals surface area contributed by atoms with E-state index in [4.69, 9.17) is 5.73 Å². The molecule has 5 nitrogen and oxygen atoms in total. The predicted octanol–water partition coefficient (Wildman–Crippen LogP) is 0.870. The Balaban J connectivity index is 2.16. The van der Waals surface area contributed by atoms with E-state index in [0.29, 0.717) is 25.9 Å². The fraction of sp³-hybridized carbons (Fsp3) is 0.385. The lowest BCUT2D eigenvalue weighted by Crippen LogP contribution is -2.27. The van der Waals surface area contributed by atoms with Crippen LogP contribution in [-0.2, 0) is 9.59 Å². The predicted molar refractivity (Wildman–Crippen MR) is 71.0 cm³/mol. The molecule has 0 aliphatic heterocycles. The van der Waals surface area contributed by atoms with Crippen LogP contribution in [0.5, 0.6) is 0 Å². The molecule has 0 aliphatic rings. The average molecular weight is 249 g/mol. The maximum atomic E-state index is 11.5. The second-order valence-corrected chi connectivity index (χ2v) is 3.91. The highest BCUT2D eigenvalue weighted by Crippen LogP contribution is 2.04. The fourth-order valence-corrected chi connectivity index (χ4v) is 1.41. The Morgan fingerprint density at radius 2 is 1.78 bits per heavy atom. The molecule has 18 heavy (non-hydrogen) atoms. The minimum Gasteiger partial charge on any atom is -0.356 e. The lowest BCUT2D eigenvalue weighted by atomic mass is 10.3. The van der Waals surface area contributed by atoms with Gasteiger partial charge in [0.25, 0.3) is 0 Å². The number of rotatable bonds is 7. The number of nitrogens with one attached hydrogen (secondary N) is 2. The molecular weight excluding hydrogens is 230 g/mol. The molecule has 0 aromatic heterocycles. The van der Waals surface area contributed by atoms with Crippen LogP contribution in [0.25, 0.3) is 0 Å². The van der Waals surface area contributed by atoms with Crippen molar-refractivity contribution in [2.24, 2.45) is 5.73 Å². The summed E-state index contributed by atoms with van der Waals surface area (Å²) in [6, 6.07) is 9.22. The van der Waals surface area contributed by atoms with Gasteiger partial charge in [-0.1, -0.05) is 18.2 Å². The Morgan fingerprint density at radius 1 is 1.06 bits per heavy atom. The van der Waals surface area contributed by atoms with Gasteiger partial charge in [-0.15, -0.1) is 0 Å². The first-order valence-corrected chi connectivity index (χ1v) is 6.04. The van der Waals surface area contributed by atoms with Crippen LogP contribution < -0.4 is 16.4 Å². The first-order valence-electron chi connectivity index (χ1n) is 6.04. The van der Waals surface area contributed by atoms with Crippen LogP contribution in [0.1, 0.15) is 19.3 Å². The molecule has 0 fully saturated rings. The van der Waals surface area contributed by atoms with E-state index >= 15 is 0 Å². The number of carbonyl (C=O) groups is 2. The van der Waals surface area contributed by atoms with Gasteiger partial charge in [-0.25, -0.2) is 0 Å². The molecule has 0 atom stereocenters. The Hall–Kier alpha value is -1.88. The first kappa shape index (κ1) is 14.2. The van der Waals surface area contributed by atoms with Gasteiger partial charge in [0.1, 0.15) is 0 Å². The largest absolute Gasteiger partial charge is 0.356 e. The van der Waals surface area contributed by atoms with Gasteiger partial charge >= 0.3 is 0 Å². The van der Waals surface area contributed by atoms with Crippen LogP contribution in [0.2, 0.25) is 0 Å². The van der Waals surface area contributed by atoms with Crippen molar-refractivity contribution in [1.29, 1.82) is 0 Å². The van der Waals surface area contributed by atoms with Crippen LogP contribution in [0.4, 0.5) is 5.69 Å². The number of carbonyl (C=O) groups excluding carboxylic acids is 2. The van der Waals surface area contributed by atoms with E-state index in [1.54, 1.807) is 0 Å². The van der Waals surface area contributed by atoms with E-state index in [9.17, 15) is 9.59 Å². The molecule has 2 amide bonds. The zero-order valence-electron chi connectivity index (χ0n) is 10.3. The smallest absolute Gasteiger partial charge is 0.226 e. The van der Waals surface area contributed by atoms with Crippen molar-refractivity contribution >= 4 is 17.5 Å². The summed E-state index contributed by atoms with van der Waals surface area (Å²) in [4.78, 5) is 22.8. The van der Waals surface area contributed by atoms with E-state index in [1.807, 2.05) is 30.3 Å². The zero-order chi connectivity index (χ0) is 13.2. The molecule has 0 bridgehead atoms. The summed E-state index contributed by atoms with van der Waals surface area (Å²) in [5.41, 5.74) is 6.06. The lowest BCUT2D eigenvalue weighted by molar-refractivity contribution is -0.121. The van der Waals surface area contributed by atoms with Crippen molar-refractivity contribution in [2.75, 3.05) is 18.4 Å². The molecule has 1 aromatic rings. The van der Waals surface area contributed by atoms with Gasteiger partial charge in [-0.05, 0) is 25.1 Å². The van der Waals surface area contributed by atoms with Crippen LogP contribution in [0.15, 0.2) is 30.3 Å². The summed E-state index contributed by atoms with van der Waals surface area (Å²) in [5.74, 6) is -0.173. The number of para-hydroxylation sites is 1. The van der Waals surface area contributed by atoms with Gasteiger partial charge in [0.15, 0.2) is 0 Å². The number of nitrogens with two attached hydrogens (primary N) is 1. The molecule has 1 rings (SSSR count). The molecule has 4 N–H and O–H groups in total. The van der Waals surface area contributed by atoms with E-state index in [0.717, 1.165) is 5.69 Å². The number of amides is 2. The Kier molecular flexibility index (Phi) is 6.50. The van der Waals surface area contributed by atoms with Crippen LogP contribution in [0.3, 0.4) is 0 Å². The van der Waals surface area contributed by atoms with E-state index in [1.165, 1.54) is 0 Å². The van der Waals surface area contributed by atoms with Gasteiger partial charge in [0, 0.05) is 25.1 Å². The molecule has 0 spiro atoms. The molecule has 0 unspecified atom stereocenters. The van der Waals surface area contributed by atoms with E-state index in [2.05, 4.69) is 10.6 Å². The van der Waals surface area contributed by atoms with Gasteiger partial charge < -0.3 is 16.4 Å². The highest BCUT2D eigenvalue weighted by atomic mass is 16.2. The third-order valence-electron chi connectivity index (χ3n) is 2.34. The summed E-state index contributed by atoms with van der Waals surface area (Å²) in [6.45, 7) is 0.851. The molecule has 0 heterocycles. The Labute approximate surface area is 107 Å². The second-order valence-electron chi connectivity index (χ2n) is 3.91. The third-order valence-corrected chi connectivity index (χ3v) is 2.34. The van der Waals surface area contributed by atoms with Gasteiger partial charge in [0.2, 0.25) is 11.8 Å². The summed E-state index contributed by atoms with van der Waals surface area (Å²) in [7, 11) is 0. The molecule has 0 radical (unpaired) electrons. The fourth-order valence-electron chi connectivity index (χ4n) is 1.41. The van der Waals surface area contributed by atoms with Crippen LogP contribution in [0, 0.1) is 0 Å². The number of hydrogen-bond donors (Lipinski definition) is 3. The minimum atomic E-state index is -0.111. The minimum absolute atomic E-state index is 0.0621. The first-order chi connectivity index (χ1) is 8.72. The number of hydrogen-bond acceptors (Lipinski definition) is 3.